The molecule has 0 radical (unpaired) electrons. The van der Waals surface area contributed by atoms with Crippen LogP contribution in [0.2, 0.25) is 0 Å². The second-order valence-corrected chi connectivity index (χ2v) is 8.11. The minimum absolute atomic E-state index is 0.128. The second kappa shape index (κ2) is 7.79. The molecule has 0 aliphatic carbocycles. The minimum Gasteiger partial charge on any atom is -0.267 e. The van der Waals surface area contributed by atoms with Crippen LogP contribution in [-0.2, 0) is 0 Å². The van der Waals surface area contributed by atoms with Crippen LogP contribution >= 0.6 is 11.8 Å². The van der Waals surface area contributed by atoms with Gasteiger partial charge in [-0.3, -0.25) is 9.59 Å². The van der Waals surface area contributed by atoms with Crippen LogP contribution in [0.4, 0.5) is 4.39 Å². The number of thioether (sulfide) groups is 1. The molecule has 0 saturated carbocycles. The van der Waals surface area contributed by atoms with E-state index in [9.17, 15) is 14.0 Å². The van der Waals surface area contributed by atoms with Crippen LogP contribution < -0.4 is 11.0 Å². The fraction of sp³-hybridized carbons (Fsp3) is 0.238. The number of amides is 1. The number of hydrogen-bond donors (Lipinski definition) is 1. The monoisotopic (exact) mass is 410 g/mol. The first kappa shape index (κ1) is 19.3. The van der Waals surface area contributed by atoms with Gasteiger partial charge in [0, 0.05) is 28.0 Å². The van der Waals surface area contributed by atoms with Gasteiger partial charge in [-0.1, -0.05) is 18.2 Å². The molecule has 0 bridgehead atoms. The topological polar surface area (TPSA) is 76.3 Å². The second-order valence-electron chi connectivity index (χ2n) is 6.98. The first-order valence-electron chi connectivity index (χ1n) is 9.27. The Labute approximate surface area is 170 Å². The Hall–Kier alpha value is -3.00. The van der Waals surface area contributed by atoms with E-state index < -0.39 is 5.91 Å². The van der Waals surface area contributed by atoms with Gasteiger partial charge in [0.1, 0.15) is 5.82 Å². The highest BCUT2D eigenvalue weighted by molar-refractivity contribution is 7.99. The fourth-order valence-electron chi connectivity index (χ4n) is 3.26. The minimum atomic E-state index is -0.515. The zero-order valence-electron chi connectivity index (χ0n) is 16.0. The van der Waals surface area contributed by atoms with Crippen molar-refractivity contribution in [1.82, 2.24) is 15.2 Å². The number of nitrogens with zero attached hydrogens (tertiary/aromatic N) is 3. The van der Waals surface area contributed by atoms with Crippen molar-refractivity contribution in [3.05, 3.63) is 69.9 Å². The maximum Gasteiger partial charge on any atom is 0.292 e. The fourth-order valence-corrected chi connectivity index (χ4v) is 4.27. The van der Waals surface area contributed by atoms with Gasteiger partial charge in [-0.25, -0.2) is 14.5 Å². The zero-order valence-corrected chi connectivity index (χ0v) is 16.8. The molecule has 1 amide bonds. The van der Waals surface area contributed by atoms with Crippen molar-refractivity contribution in [2.24, 2.45) is 5.10 Å². The number of halogens is 1. The summed E-state index contributed by atoms with van der Waals surface area (Å²) in [7, 11) is 0. The summed E-state index contributed by atoms with van der Waals surface area (Å²) in [6, 6.07) is 11.2. The molecule has 1 N–H and O–H groups in total. The van der Waals surface area contributed by atoms with E-state index in [0.29, 0.717) is 28.5 Å². The van der Waals surface area contributed by atoms with Crippen molar-refractivity contribution in [2.75, 3.05) is 5.75 Å². The maximum atomic E-state index is 13.7. The molecular weight excluding hydrogens is 391 g/mol. The third-order valence-corrected chi connectivity index (χ3v) is 5.75. The number of fused-ring (bicyclic) bond motifs is 2. The molecular formula is C21H19FN4O2S. The molecule has 0 unspecified atom stereocenters. The van der Waals surface area contributed by atoms with Crippen LogP contribution in [0.5, 0.6) is 0 Å². The van der Waals surface area contributed by atoms with Crippen molar-refractivity contribution in [2.45, 2.75) is 31.2 Å². The third kappa shape index (κ3) is 3.67. The third-order valence-electron chi connectivity index (χ3n) is 4.67. The molecule has 0 fully saturated rings. The van der Waals surface area contributed by atoms with Crippen LogP contribution in [0.15, 0.2) is 57.3 Å². The molecule has 8 heteroatoms. The number of carbonyl (C=O) groups is 1. The maximum absolute atomic E-state index is 13.7. The molecule has 0 saturated heterocycles. The molecule has 3 aromatic rings. The first-order chi connectivity index (χ1) is 14.0. The Morgan fingerprint density at radius 3 is 2.76 bits per heavy atom. The van der Waals surface area contributed by atoms with E-state index in [0.717, 1.165) is 10.6 Å². The van der Waals surface area contributed by atoms with E-state index in [1.54, 1.807) is 42.1 Å². The van der Waals surface area contributed by atoms with E-state index in [-0.39, 0.29) is 23.1 Å². The molecule has 148 valence electrons. The predicted molar refractivity (Wildman–Crippen MR) is 112 cm³/mol. The molecule has 0 spiro atoms. The van der Waals surface area contributed by atoms with Gasteiger partial charge in [-0.15, -0.1) is 11.8 Å². The van der Waals surface area contributed by atoms with Crippen molar-refractivity contribution < 1.29 is 9.18 Å². The summed E-state index contributed by atoms with van der Waals surface area (Å²) in [6.45, 7) is 3.66. The Kier molecular flexibility index (Phi) is 5.19. The Morgan fingerprint density at radius 2 is 2.00 bits per heavy atom. The smallest absolute Gasteiger partial charge is 0.267 e. The van der Waals surface area contributed by atoms with Crippen LogP contribution in [0.1, 0.15) is 42.4 Å². The quantitative estimate of drug-likeness (QED) is 0.668. The predicted octanol–water partition coefficient (Wildman–Crippen LogP) is 3.75. The van der Waals surface area contributed by atoms with Gasteiger partial charge in [0.2, 0.25) is 0 Å². The molecule has 1 aliphatic heterocycles. The van der Waals surface area contributed by atoms with E-state index in [1.165, 1.54) is 16.8 Å². The van der Waals surface area contributed by atoms with Gasteiger partial charge >= 0.3 is 0 Å². The highest BCUT2D eigenvalue weighted by atomic mass is 32.2. The molecule has 29 heavy (non-hydrogen) atoms. The summed E-state index contributed by atoms with van der Waals surface area (Å²) in [5, 5.41) is 9.43. The lowest BCUT2D eigenvalue weighted by molar-refractivity contribution is 0.0949. The number of rotatable bonds is 3. The molecule has 6 nitrogen and oxygen atoms in total. The van der Waals surface area contributed by atoms with Crippen LogP contribution in [0.25, 0.3) is 10.8 Å². The molecule has 0 atom stereocenters. The molecule has 2 aromatic carbocycles. The average Bonchev–Trinajstić information content (AvgIpc) is 2.72. The SMILES string of the molecule is CC(C)n1nc(C(=O)N/N=C2/CCSc3ccc(F)cc32)c2ccccc2c1=O. The standard InChI is InChI=1S/C21H19FN4O2S/c1-12(2)26-21(28)15-6-4-3-5-14(15)19(25-26)20(27)24-23-17-9-10-29-18-8-7-13(22)11-16(17)18/h3-8,11-12H,9-10H2,1-2H3,(H,24,27)/b23-17-. The number of benzene rings is 2. The van der Waals surface area contributed by atoms with Gasteiger partial charge in [-0.05, 0) is 38.1 Å². The summed E-state index contributed by atoms with van der Waals surface area (Å²) in [6.07, 6.45) is 0.612. The van der Waals surface area contributed by atoms with Crippen LogP contribution in [0.3, 0.4) is 0 Å². The number of hydrazone groups is 1. The molecule has 1 aliphatic rings. The van der Waals surface area contributed by atoms with Crippen molar-refractivity contribution in [3.63, 3.8) is 0 Å². The first-order valence-corrected chi connectivity index (χ1v) is 10.3. The highest BCUT2D eigenvalue weighted by Gasteiger charge is 2.20. The number of hydrogen-bond acceptors (Lipinski definition) is 5. The Morgan fingerprint density at radius 1 is 1.24 bits per heavy atom. The average molecular weight is 410 g/mol. The van der Waals surface area contributed by atoms with Crippen molar-refractivity contribution in [1.29, 1.82) is 0 Å². The number of carbonyl (C=O) groups excluding carboxylic acids is 1. The van der Waals surface area contributed by atoms with Crippen LogP contribution in [0, 0.1) is 5.82 Å². The van der Waals surface area contributed by atoms with E-state index >= 15 is 0 Å². The summed E-state index contributed by atoms with van der Waals surface area (Å²) in [4.78, 5) is 26.4. The summed E-state index contributed by atoms with van der Waals surface area (Å²) in [5.41, 5.74) is 3.74. The molecule has 1 aromatic heterocycles. The number of nitrogens with one attached hydrogen (secondary N) is 1. The van der Waals surface area contributed by atoms with Crippen molar-refractivity contribution >= 4 is 34.2 Å². The number of aromatic nitrogens is 2. The summed E-state index contributed by atoms with van der Waals surface area (Å²) >= 11 is 1.63. The van der Waals surface area contributed by atoms with E-state index in [2.05, 4.69) is 15.6 Å². The van der Waals surface area contributed by atoms with E-state index in [1.807, 2.05) is 13.8 Å². The lowest BCUT2D eigenvalue weighted by Gasteiger charge is -2.17. The van der Waals surface area contributed by atoms with Gasteiger partial charge in [0.05, 0.1) is 17.1 Å². The van der Waals surface area contributed by atoms with E-state index in [4.69, 9.17) is 0 Å². The van der Waals surface area contributed by atoms with Gasteiger partial charge in [0.15, 0.2) is 5.69 Å². The van der Waals surface area contributed by atoms with Crippen molar-refractivity contribution in [3.8, 4) is 0 Å². The largest absolute Gasteiger partial charge is 0.292 e. The highest BCUT2D eigenvalue weighted by Crippen LogP contribution is 2.30. The summed E-state index contributed by atoms with van der Waals surface area (Å²) < 4.78 is 15.0. The normalized spacial score (nSPS) is 15.0. The van der Waals surface area contributed by atoms with Gasteiger partial charge in [-0.2, -0.15) is 10.2 Å². The van der Waals surface area contributed by atoms with Crippen LogP contribution in [-0.4, -0.2) is 27.2 Å². The lowest BCUT2D eigenvalue weighted by atomic mass is 10.1. The van der Waals surface area contributed by atoms with Gasteiger partial charge < -0.3 is 0 Å². The Bertz CT molecular complexity index is 1200. The lowest BCUT2D eigenvalue weighted by Crippen LogP contribution is -2.30. The Balaban J connectivity index is 1.73. The molecule has 4 rings (SSSR count). The summed E-state index contributed by atoms with van der Waals surface area (Å²) in [5.74, 6) is -0.0616. The molecule has 2 heterocycles. The zero-order chi connectivity index (χ0) is 20.5. The van der Waals surface area contributed by atoms with Gasteiger partial charge in [0.25, 0.3) is 11.5 Å².